The van der Waals surface area contributed by atoms with Crippen LogP contribution in [-0.2, 0) is 11.3 Å². The number of nitrogens with two attached hydrogens (primary N) is 1. The quantitative estimate of drug-likeness (QED) is 0.172. The van der Waals surface area contributed by atoms with E-state index in [1.165, 1.54) is 0 Å². The number of aromatic nitrogens is 1. The van der Waals surface area contributed by atoms with Gasteiger partial charge in [0.15, 0.2) is 5.84 Å². The van der Waals surface area contributed by atoms with E-state index < -0.39 is 0 Å². The van der Waals surface area contributed by atoms with Crippen LogP contribution in [0.4, 0.5) is 5.69 Å². The lowest BCUT2D eigenvalue weighted by molar-refractivity contribution is -0.00534. The molecule has 7 nitrogen and oxygen atoms in total. The first-order chi connectivity index (χ1) is 17.0. The summed E-state index contributed by atoms with van der Waals surface area (Å²) in [6.07, 6.45) is 3.21. The van der Waals surface area contributed by atoms with E-state index >= 15 is 0 Å². The van der Waals surface area contributed by atoms with Crippen molar-refractivity contribution in [3.8, 4) is 11.3 Å². The first kappa shape index (κ1) is 24.0. The Morgan fingerprint density at radius 3 is 2.51 bits per heavy atom. The van der Waals surface area contributed by atoms with Gasteiger partial charge in [-0.1, -0.05) is 46.5 Å². The second kappa shape index (κ2) is 10.1. The lowest BCUT2D eigenvalue weighted by Gasteiger charge is -2.38. The molecule has 2 atom stereocenters. The van der Waals surface area contributed by atoms with Crippen LogP contribution >= 0.6 is 23.2 Å². The van der Waals surface area contributed by atoms with E-state index in [1.54, 1.807) is 0 Å². The monoisotopic (exact) mass is 514 g/mol. The molecule has 1 aromatic heterocycles. The van der Waals surface area contributed by atoms with Crippen LogP contribution in [0.25, 0.3) is 11.3 Å². The van der Waals surface area contributed by atoms with Gasteiger partial charge in [0.25, 0.3) is 0 Å². The van der Waals surface area contributed by atoms with E-state index in [0.29, 0.717) is 45.3 Å². The maximum atomic E-state index is 8.86. The molecule has 1 aliphatic carbocycles. The third-order valence-electron chi connectivity index (χ3n) is 6.87. The fraction of sp³-hybridized carbons (Fsp3) is 0.385. The van der Waals surface area contributed by atoms with E-state index in [1.807, 2.05) is 42.5 Å². The smallest absolute Gasteiger partial charge is 0.170 e. The Bertz CT molecular complexity index is 1200. The molecule has 0 spiro atoms. The summed E-state index contributed by atoms with van der Waals surface area (Å²) in [5, 5.41) is 17.4. The molecule has 1 saturated heterocycles. The molecule has 35 heavy (non-hydrogen) atoms. The minimum absolute atomic E-state index is 0.105. The zero-order valence-corrected chi connectivity index (χ0v) is 21.0. The molecule has 0 radical (unpaired) electrons. The van der Waals surface area contributed by atoms with Crippen molar-refractivity contribution in [3.63, 3.8) is 0 Å². The topological polar surface area (TPSA) is 97.1 Å². The van der Waals surface area contributed by atoms with Crippen LogP contribution in [0, 0.1) is 5.92 Å². The van der Waals surface area contributed by atoms with E-state index in [0.717, 1.165) is 49.4 Å². The molecule has 1 aliphatic heterocycles. The van der Waals surface area contributed by atoms with E-state index in [-0.39, 0.29) is 11.9 Å². The van der Waals surface area contributed by atoms with Crippen LogP contribution in [0.2, 0.25) is 10.0 Å². The molecule has 3 aromatic rings. The zero-order valence-electron chi connectivity index (χ0n) is 19.5. The van der Waals surface area contributed by atoms with Crippen LogP contribution in [0.15, 0.2) is 52.1 Å². The molecular weight excluding hydrogens is 487 g/mol. The summed E-state index contributed by atoms with van der Waals surface area (Å²) < 4.78 is 12.2. The third-order valence-corrected chi connectivity index (χ3v) is 7.50. The minimum atomic E-state index is 0.105. The van der Waals surface area contributed by atoms with E-state index in [4.69, 9.17) is 43.4 Å². The predicted octanol–water partition coefficient (Wildman–Crippen LogP) is 6.05. The summed E-state index contributed by atoms with van der Waals surface area (Å²) in [6.45, 7) is 4.37. The Labute approximate surface area is 214 Å². The lowest BCUT2D eigenvalue weighted by atomic mass is 9.95. The predicted molar refractivity (Wildman–Crippen MR) is 137 cm³/mol. The number of hydrogen-bond donors (Lipinski definition) is 2. The summed E-state index contributed by atoms with van der Waals surface area (Å²) in [5.74, 6) is 1.72. The van der Waals surface area contributed by atoms with Crippen LogP contribution in [0.1, 0.15) is 49.0 Å². The van der Waals surface area contributed by atoms with E-state index in [2.05, 4.69) is 22.1 Å². The summed E-state index contributed by atoms with van der Waals surface area (Å²) in [4.78, 5) is 2.34. The number of nitrogens with zero attached hydrogens (tertiary/aromatic N) is 3. The first-order valence-corrected chi connectivity index (χ1v) is 12.6. The van der Waals surface area contributed by atoms with Gasteiger partial charge in [0.05, 0.1) is 22.8 Å². The number of amidine groups is 1. The molecule has 2 unspecified atom stereocenters. The Kier molecular flexibility index (Phi) is 6.91. The van der Waals surface area contributed by atoms with Gasteiger partial charge in [0.1, 0.15) is 11.5 Å². The SMILES string of the molecule is CC1CN(c2ccc(/C(N)=N/O)cc2)CCC1OCc1c(-c2c(Cl)cccc2Cl)noc1C1CC1. The molecule has 1 saturated carbocycles. The second-order valence-corrected chi connectivity index (χ2v) is 10.2. The maximum Gasteiger partial charge on any atom is 0.170 e. The van der Waals surface area contributed by atoms with E-state index in [9.17, 15) is 0 Å². The fourth-order valence-corrected chi connectivity index (χ4v) is 5.32. The normalized spacial score (nSPS) is 20.9. The number of rotatable bonds is 7. The van der Waals surface area contributed by atoms with Crippen molar-refractivity contribution in [3.05, 3.63) is 69.4 Å². The summed E-state index contributed by atoms with van der Waals surface area (Å²) in [6, 6.07) is 13.2. The molecule has 2 aliphatic rings. The number of anilines is 1. The molecule has 2 aromatic carbocycles. The van der Waals surface area contributed by atoms with Crippen LogP contribution in [0.3, 0.4) is 0 Å². The van der Waals surface area contributed by atoms with Gasteiger partial charge in [0, 0.05) is 41.4 Å². The number of benzene rings is 2. The summed E-state index contributed by atoms with van der Waals surface area (Å²) in [5.41, 5.74) is 9.81. The van der Waals surface area contributed by atoms with Gasteiger partial charge in [-0.3, -0.25) is 0 Å². The van der Waals surface area contributed by atoms with Gasteiger partial charge < -0.3 is 25.1 Å². The molecule has 5 rings (SSSR count). The Balaban J connectivity index is 1.28. The number of halogens is 2. The number of oxime groups is 1. The highest BCUT2D eigenvalue weighted by Gasteiger charge is 2.34. The minimum Gasteiger partial charge on any atom is -0.409 e. The van der Waals surface area contributed by atoms with Gasteiger partial charge >= 0.3 is 0 Å². The second-order valence-electron chi connectivity index (χ2n) is 9.34. The average molecular weight is 515 g/mol. The molecule has 0 bridgehead atoms. The Morgan fingerprint density at radius 2 is 1.89 bits per heavy atom. The molecule has 3 N–H and O–H groups in total. The number of ether oxygens (including phenoxy) is 1. The van der Waals surface area contributed by atoms with Crippen molar-refractivity contribution in [2.24, 2.45) is 16.8 Å². The first-order valence-electron chi connectivity index (χ1n) is 11.8. The highest BCUT2D eigenvalue weighted by molar-refractivity contribution is 6.39. The summed E-state index contributed by atoms with van der Waals surface area (Å²) >= 11 is 13.0. The van der Waals surface area contributed by atoms with Gasteiger partial charge in [0.2, 0.25) is 0 Å². The molecule has 9 heteroatoms. The highest BCUT2D eigenvalue weighted by Crippen LogP contribution is 2.46. The van der Waals surface area contributed by atoms with Crippen molar-refractivity contribution in [2.45, 2.75) is 44.8 Å². The average Bonchev–Trinajstić information content (AvgIpc) is 3.63. The van der Waals surface area contributed by atoms with Crippen molar-refractivity contribution in [1.29, 1.82) is 0 Å². The fourth-order valence-electron chi connectivity index (χ4n) is 4.75. The van der Waals surface area contributed by atoms with Gasteiger partial charge in [-0.25, -0.2) is 0 Å². The Hall–Kier alpha value is -2.74. The molecule has 184 valence electrons. The van der Waals surface area contributed by atoms with Gasteiger partial charge in [-0.15, -0.1) is 0 Å². The van der Waals surface area contributed by atoms with Crippen molar-refractivity contribution in [2.75, 3.05) is 18.0 Å². The highest BCUT2D eigenvalue weighted by atomic mass is 35.5. The summed E-state index contributed by atoms with van der Waals surface area (Å²) in [7, 11) is 0. The molecule has 2 fully saturated rings. The zero-order chi connectivity index (χ0) is 24.5. The molecular formula is C26H28Cl2N4O3. The van der Waals surface area contributed by atoms with Gasteiger partial charge in [-0.05, 0) is 61.6 Å². The van der Waals surface area contributed by atoms with Crippen LogP contribution < -0.4 is 10.6 Å². The number of hydrogen-bond acceptors (Lipinski definition) is 6. The van der Waals surface area contributed by atoms with Gasteiger partial charge in [-0.2, -0.15) is 0 Å². The maximum absolute atomic E-state index is 8.86. The van der Waals surface area contributed by atoms with Crippen molar-refractivity contribution in [1.82, 2.24) is 5.16 Å². The standard InChI is InChI=1S/C26H28Cl2N4O3/c1-15-13-32(18-9-7-17(8-10-18)26(29)30-33)12-11-22(15)34-14-19-24(31-35-25(19)16-5-6-16)23-20(27)3-2-4-21(23)28/h2-4,7-10,15-16,22,33H,5-6,11-14H2,1H3,(H2,29,30). The molecule has 2 heterocycles. The lowest BCUT2D eigenvalue weighted by Crippen LogP contribution is -2.43. The molecule has 0 amide bonds. The number of piperidine rings is 1. The van der Waals surface area contributed by atoms with Crippen molar-refractivity contribution >= 4 is 34.7 Å². The largest absolute Gasteiger partial charge is 0.409 e. The van der Waals surface area contributed by atoms with Crippen molar-refractivity contribution < 1.29 is 14.5 Å². The van der Waals surface area contributed by atoms with Crippen LogP contribution in [0.5, 0.6) is 0 Å². The van der Waals surface area contributed by atoms with Crippen LogP contribution in [-0.4, -0.2) is 35.4 Å². The third kappa shape index (κ3) is 4.99. The Morgan fingerprint density at radius 1 is 1.17 bits per heavy atom.